The second-order valence-electron chi connectivity index (χ2n) is 3.71. The maximum Gasteiger partial charge on any atom is 0.283 e. The summed E-state index contributed by atoms with van der Waals surface area (Å²) in [6.07, 6.45) is 0.985. The van der Waals surface area contributed by atoms with Crippen LogP contribution in [0.25, 0.3) is 0 Å². The summed E-state index contributed by atoms with van der Waals surface area (Å²) in [5.41, 5.74) is 0.832. The monoisotopic (exact) mass is 317 g/mol. The lowest BCUT2D eigenvalue weighted by atomic mass is 10.2. The Kier molecular flexibility index (Phi) is 6.85. The van der Waals surface area contributed by atoms with E-state index in [1.54, 1.807) is 12.1 Å². The van der Waals surface area contributed by atoms with E-state index in [0.717, 1.165) is 18.6 Å². The van der Waals surface area contributed by atoms with E-state index in [1.807, 2.05) is 6.92 Å². The predicted molar refractivity (Wildman–Crippen MR) is 71.6 cm³/mol. The van der Waals surface area contributed by atoms with Gasteiger partial charge in [-0.3, -0.25) is 10.1 Å². The van der Waals surface area contributed by atoms with Crippen molar-refractivity contribution in [3.63, 3.8) is 0 Å². The highest BCUT2D eigenvalue weighted by Gasteiger charge is 2.11. The second kappa shape index (κ2) is 8.18. The molecule has 1 aromatic rings. The maximum atomic E-state index is 10.7. The van der Waals surface area contributed by atoms with Crippen LogP contribution in [0.2, 0.25) is 0 Å². The SMILES string of the molecule is CCCOCCOCc1ccc(Br)c([N+](=O)[O-])c1. The van der Waals surface area contributed by atoms with Crippen molar-refractivity contribution in [2.45, 2.75) is 20.0 Å². The van der Waals surface area contributed by atoms with Crippen LogP contribution in [0.15, 0.2) is 22.7 Å². The van der Waals surface area contributed by atoms with Crippen LogP contribution in [0.1, 0.15) is 18.9 Å². The molecule has 0 aromatic heterocycles. The number of ether oxygens (including phenoxy) is 2. The smallest absolute Gasteiger partial charge is 0.283 e. The highest BCUT2D eigenvalue weighted by atomic mass is 79.9. The fourth-order valence-corrected chi connectivity index (χ4v) is 1.73. The summed E-state index contributed by atoms with van der Waals surface area (Å²) in [5, 5.41) is 10.7. The van der Waals surface area contributed by atoms with Crippen molar-refractivity contribution in [2.24, 2.45) is 0 Å². The molecular weight excluding hydrogens is 302 g/mol. The Morgan fingerprint density at radius 2 is 2.00 bits per heavy atom. The molecule has 1 rings (SSSR count). The van der Waals surface area contributed by atoms with Crippen molar-refractivity contribution in [3.8, 4) is 0 Å². The van der Waals surface area contributed by atoms with Crippen LogP contribution in [-0.4, -0.2) is 24.7 Å². The Morgan fingerprint density at radius 1 is 1.28 bits per heavy atom. The number of nitro groups is 1. The molecule has 0 unspecified atom stereocenters. The average Bonchev–Trinajstić information content (AvgIpc) is 2.35. The van der Waals surface area contributed by atoms with Crippen LogP contribution in [0, 0.1) is 10.1 Å². The summed E-state index contributed by atoms with van der Waals surface area (Å²) in [7, 11) is 0. The van der Waals surface area contributed by atoms with Gasteiger partial charge in [0, 0.05) is 12.7 Å². The molecule has 0 saturated carbocycles. The summed E-state index contributed by atoms with van der Waals surface area (Å²) in [4.78, 5) is 10.3. The minimum Gasteiger partial charge on any atom is -0.379 e. The lowest BCUT2D eigenvalue weighted by Gasteiger charge is -2.05. The molecule has 1 aromatic carbocycles. The number of rotatable bonds is 8. The summed E-state index contributed by atoms with van der Waals surface area (Å²) in [6.45, 7) is 4.16. The zero-order valence-electron chi connectivity index (χ0n) is 10.2. The minimum absolute atomic E-state index is 0.0540. The van der Waals surface area contributed by atoms with Gasteiger partial charge in [0.1, 0.15) is 0 Å². The molecule has 0 saturated heterocycles. The molecule has 0 N–H and O–H groups in total. The van der Waals surface area contributed by atoms with Crippen LogP contribution in [0.5, 0.6) is 0 Å². The number of halogens is 1. The molecule has 5 nitrogen and oxygen atoms in total. The Bertz CT molecular complexity index is 398. The average molecular weight is 318 g/mol. The van der Waals surface area contributed by atoms with Gasteiger partial charge < -0.3 is 9.47 Å². The third-order valence-corrected chi connectivity index (χ3v) is 2.87. The van der Waals surface area contributed by atoms with Gasteiger partial charge in [-0.05, 0) is 34.0 Å². The van der Waals surface area contributed by atoms with Crippen LogP contribution in [-0.2, 0) is 16.1 Å². The van der Waals surface area contributed by atoms with Gasteiger partial charge in [-0.1, -0.05) is 13.0 Å². The van der Waals surface area contributed by atoms with Crippen molar-refractivity contribution in [1.82, 2.24) is 0 Å². The molecule has 100 valence electrons. The molecule has 0 spiro atoms. The van der Waals surface area contributed by atoms with Gasteiger partial charge in [0.05, 0.1) is 29.2 Å². The third kappa shape index (κ3) is 5.12. The number of hydrogen-bond donors (Lipinski definition) is 0. The van der Waals surface area contributed by atoms with Gasteiger partial charge in [0.25, 0.3) is 5.69 Å². The molecule has 0 atom stereocenters. The number of nitrogens with zero attached hydrogens (tertiary/aromatic N) is 1. The summed E-state index contributed by atoms with van der Waals surface area (Å²) in [5.74, 6) is 0. The van der Waals surface area contributed by atoms with E-state index in [0.29, 0.717) is 24.3 Å². The Morgan fingerprint density at radius 3 is 2.67 bits per heavy atom. The topological polar surface area (TPSA) is 61.6 Å². The van der Waals surface area contributed by atoms with Gasteiger partial charge in [0.2, 0.25) is 0 Å². The predicted octanol–water partition coefficient (Wildman–Crippen LogP) is 3.30. The molecule has 0 heterocycles. The molecule has 6 heteroatoms. The summed E-state index contributed by atoms with van der Waals surface area (Å²) in [6, 6.07) is 4.96. The van der Waals surface area contributed by atoms with E-state index < -0.39 is 4.92 Å². The molecule has 0 fully saturated rings. The van der Waals surface area contributed by atoms with Crippen LogP contribution < -0.4 is 0 Å². The fourth-order valence-electron chi connectivity index (χ4n) is 1.34. The summed E-state index contributed by atoms with van der Waals surface area (Å²) < 4.78 is 11.1. The highest BCUT2D eigenvalue weighted by Crippen LogP contribution is 2.25. The van der Waals surface area contributed by atoms with Crippen molar-refractivity contribution in [3.05, 3.63) is 38.3 Å². The van der Waals surface area contributed by atoms with Gasteiger partial charge >= 0.3 is 0 Å². The van der Waals surface area contributed by atoms with E-state index in [-0.39, 0.29) is 5.69 Å². The van der Waals surface area contributed by atoms with E-state index in [2.05, 4.69) is 15.9 Å². The van der Waals surface area contributed by atoms with Crippen molar-refractivity contribution >= 4 is 21.6 Å². The molecular formula is C12H16BrNO4. The van der Waals surface area contributed by atoms with Crippen molar-refractivity contribution in [1.29, 1.82) is 0 Å². The zero-order valence-corrected chi connectivity index (χ0v) is 11.8. The number of hydrogen-bond acceptors (Lipinski definition) is 4. The Hall–Kier alpha value is -0.980. The molecule has 0 bridgehead atoms. The van der Waals surface area contributed by atoms with Crippen LogP contribution in [0.3, 0.4) is 0 Å². The first kappa shape index (κ1) is 15.1. The first-order valence-electron chi connectivity index (χ1n) is 5.73. The van der Waals surface area contributed by atoms with Gasteiger partial charge in [0.15, 0.2) is 0 Å². The van der Waals surface area contributed by atoms with E-state index in [9.17, 15) is 10.1 Å². The van der Waals surface area contributed by atoms with Crippen LogP contribution in [0.4, 0.5) is 5.69 Å². The van der Waals surface area contributed by atoms with Crippen molar-refractivity contribution < 1.29 is 14.4 Å². The van der Waals surface area contributed by atoms with Gasteiger partial charge in [-0.25, -0.2) is 0 Å². The molecule has 0 radical (unpaired) electrons. The second-order valence-corrected chi connectivity index (χ2v) is 4.56. The first-order valence-corrected chi connectivity index (χ1v) is 6.52. The zero-order chi connectivity index (χ0) is 13.4. The van der Waals surface area contributed by atoms with Crippen LogP contribution >= 0.6 is 15.9 Å². The molecule has 0 aliphatic heterocycles. The fraction of sp³-hybridized carbons (Fsp3) is 0.500. The largest absolute Gasteiger partial charge is 0.379 e. The Labute approximate surface area is 114 Å². The highest BCUT2D eigenvalue weighted by molar-refractivity contribution is 9.10. The maximum absolute atomic E-state index is 10.7. The number of benzene rings is 1. The molecule has 18 heavy (non-hydrogen) atoms. The number of nitro benzene ring substituents is 1. The lowest BCUT2D eigenvalue weighted by Crippen LogP contribution is -2.05. The molecule has 0 aliphatic carbocycles. The quantitative estimate of drug-likeness (QED) is 0.419. The van der Waals surface area contributed by atoms with Gasteiger partial charge in [-0.15, -0.1) is 0 Å². The van der Waals surface area contributed by atoms with E-state index in [1.165, 1.54) is 6.07 Å². The normalized spacial score (nSPS) is 10.6. The lowest BCUT2D eigenvalue weighted by molar-refractivity contribution is -0.385. The van der Waals surface area contributed by atoms with E-state index in [4.69, 9.17) is 9.47 Å². The third-order valence-electron chi connectivity index (χ3n) is 2.20. The molecule has 0 aliphatic rings. The molecule has 0 amide bonds. The standard InChI is InChI=1S/C12H16BrNO4/c1-2-5-17-6-7-18-9-10-3-4-11(13)12(8-10)14(15)16/h3-4,8H,2,5-7,9H2,1H3. The Balaban J connectivity index is 2.38. The van der Waals surface area contributed by atoms with Crippen molar-refractivity contribution in [2.75, 3.05) is 19.8 Å². The minimum atomic E-state index is -0.419. The van der Waals surface area contributed by atoms with Gasteiger partial charge in [-0.2, -0.15) is 0 Å². The summed E-state index contributed by atoms with van der Waals surface area (Å²) >= 11 is 3.14. The first-order chi connectivity index (χ1) is 8.65. The van der Waals surface area contributed by atoms with E-state index >= 15 is 0 Å².